The van der Waals surface area contributed by atoms with Crippen LogP contribution in [-0.4, -0.2) is 30.3 Å². The number of nitrogens with one attached hydrogen (secondary N) is 1. The first-order chi connectivity index (χ1) is 8.68. The van der Waals surface area contributed by atoms with Gasteiger partial charge in [-0.05, 0) is 31.3 Å². The molecule has 1 aliphatic carbocycles. The van der Waals surface area contributed by atoms with Gasteiger partial charge in [0.1, 0.15) is 6.61 Å². The normalized spacial score (nSPS) is 13.9. The minimum atomic E-state index is -0.811. The van der Waals surface area contributed by atoms with Crippen molar-refractivity contribution in [1.82, 2.24) is 5.32 Å². The summed E-state index contributed by atoms with van der Waals surface area (Å²) < 4.78 is 5.02. The molecule has 0 aromatic carbocycles. The summed E-state index contributed by atoms with van der Waals surface area (Å²) in [6, 6.07) is 0. The van der Waals surface area contributed by atoms with Gasteiger partial charge in [-0.15, -0.1) is 0 Å². The van der Waals surface area contributed by atoms with Gasteiger partial charge in [0.15, 0.2) is 0 Å². The Morgan fingerprint density at radius 2 is 2.17 bits per heavy atom. The number of carbonyl (C=O) groups excluding carboxylic acids is 1. The number of hydrogen-bond donors (Lipinski definition) is 2. The van der Waals surface area contributed by atoms with E-state index in [0.29, 0.717) is 19.4 Å². The van der Waals surface area contributed by atoms with E-state index in [-0.39, 0.29) is 13.0 Å². The molecule has 0 atom stereocenters. The number of ether oxygens (including phenoxy) is 1. The molecular weight excluding hydrogens is 234 g/mol. The van der Waals surface area contributed by atoms with Crippen molar-refractivity contribution in [3.8, 4) is 0 Å². The molecular formula is C13H19NO4. The highest BCUT2D eigenvalue weighted by molar-refractivity contribution is 5.67. The Bertz CT molecular complexity index is 347. The molecule has 0 aromatic rings. The van der Waals surface area contributed by atoms with E-state index in [4.69, 9.17) is 9.84 Å². The SMILES string of the molecule is O=C(O)CCCCNC(=O)OCC1=CCCC=C1. The molecule has 0 saturated heterocycles. The lowest BCUT2D eigenvalue weighted by Crippen LogP contribution is -2.26. The van der Waals surface area contributed by atoms with Crippen LogP contribution in [0.5, 0.6) is 0 Å². The van der Waals surface area contributed by atoms with Crippen molar-refractivity contribution >= 4 is 12.1 Å². The van der Waals surface area contributed by atoms with Gasteiger partial charge in [0.25, 0.3) is 0 Å². The molecule has 1 amide bonds. The summed E-state index contributed by atoms with van der Waals surface area (Å²) in [5, 5.41) is 11.0. The summed E-state index contributed by atoms with van der Waals surface area (Å²) in [5.41, 5.74) is 1.02. The van der Waals surface area contributed by atoms with E-state index in [0.717, 1.165) is 18.4 Å². The number of carbonyl (C=O) groups is 2. The van der Waals surface area contributed by atoms with Crippen molar-refractivity contribution in [2.45, 2.75) is 32.1 Å². The predicted molar refractivity (Wildman–Crippen MR) is 67.3 cm³/mol. The lowest BCUT2D eigenvalue weighted by molar-refractivity contribution is -0.137. The molecule has 0 heterocycles. The first-order valence-electron chi connectivity index (χ1n) is 6.16. The topological polar surface area (TPSA) is 75.6 Å². The monoisotopic (exact) mass is 253 g/mol. The van der Waals surface area contributed by atoms with E-state index >= 15 is 0 Å². The highest BCUT2D eigenvalue weighted by atomic mass is 16.5. The van der Waals surface area contributed by atoms with Crippen molar-refractivity contribution in [2.75, 3.05) is 13.2 Å². The number of alkyl carbamates (subject to hydrolysis) is 1. The third-order valence-corrected chi connectivity index (χ3v) is 2.53. The van der Waals surface area contributed by atoms with Crippen molar-refractivity contribution < 1.29 is 19.4 Å². The summed E-state index contributed by atoms with van der Waals surface area (Å²) in [7, 11) is 0. The summed E-state index contributed by atoms with van der Waals surface area (Å²) in [6.07, 6.45) is 8.99. The Kier molecular flexibility index (Phi) is 6.61. The Morgan fingerprint density at radius 1 is 1.33 bits per heavy atom. The highest BCUT2D eigenvalue weighted by Gasteiger charge is 2.04. The molecule has 0 radical (unpaired) electrons. The van der Waals surface area contributed by atoms with Gasteiger partial charge < -0.3 is 15.2 Å². The smallest absolute Gasteiger partial charge is 0.407 e. The maximum atomic E-state index is 11.3. The number of carboxylic acids is 1. The first-order valence-corrected chi connectivity index (χ1v) is 6.16. The second kappa shape index (κ2) is 8.33. The van der Waals surface area contributed by atoms with Crippen LogP contribution < -0.4 is 5.32 Å². The van der Waals surface area contributed by atoms with Crippen molar-refractivity contribution in [3.63, 3.8) is 0 Å². The quantitative estimate of drug-likeness (QED) is 0.682. The Labute approximate surface area is 107 Å². The standard InChI is InChI=1S/C13H19NO4/c15-12(16)8-4-5-9-14-13(17)18-10-11-6-2-1-3-7-11/h2,6-7H,1,3-5,8-10H2,(H,14,17)(H,15,16). The number of aliphatic carboxylic acids is 1. The average molecular weight is 253 g/mol. The van der Waals surface area contributed by atoms with Crippen LogP contribution in [0.3, 0.4) is 0 Å². The Hall–Kier alpha value is -1.78. The highest BCUT2D eigenvalue weighted by Crippen LogP contribution is 2.09. The lowest BCUT2D eigenvalue weighted by atomic mass is 10.1. The van der Waals surface area contributed by atoms with Gasteiger partial charge in [-0.2, -0.15) is 0 Å². The molecule has 5 nitrogen and oxygen atoms in total. The van der Waals surface area contributed by atoms with Crippen LogP contribution >= 0.6 is 0 Å². The fraction of sp³-hybridized carbons (Fsp3) is 0.538. The fourth-order valence-electron chi connectivity index (χ4n) is 1.57. The number of rotatable bonds is 7. The van der Waals surface area contributed by atoms with E-state index in [1.165, 1.54) is 0 Å². The molecule has 18 heavy (non-hydrogen) atoms. The van der Waals surface area contributed by atoms with E-state index < -0.39 is 12.1 Å². The Morgan fingerprint density at radius 3 is 2.83 bits per heavy atom. The van der Waals surface area contributed by atoms with Crippen LogP contribution in [0.15, 0.2) is 23.8 Å². The van der Waals surface area contributed by atoms with E-state index in [1.807, 2.05) is 6.08 Å². The largest absolute Gasteiger partial charge is 0.481 e. The third-order valence-electron chi connectivity index (χ3n) is 2.53. The molecule has 0 aliphatic heterocycles. The van der Waals surface area contributed by atoms with Crippen LogP contribution in [0.1, 0.15) is 32.1 Å². The molecule has 5 heteroatoms. The lowest BCUT2D eigenvalue weighted by Gasteiger charge is -2.09. The molecule has 2 N–H and O–H groups in total. The van der Waals surface area contributed by atoms with Gasteiger partial charge in [-0.25, -0.2) is 4.79 Å². The van der Waals surface area contributed by atoms with Gasteiger partial charge in [-0.1, -0.05) is 18.2 Å². The summed E-state index contributed by atoms with van der Waals surface area (Å²) in [5.74, 6) is -0.811. The fourth-order valence-corrected chi connectivity index (χ4v) is 1.57. The molecule has 1 rings (SSSR count). The molecule has 0 spiro atoms. The number of carboxylic acid groups (broad SMARTS) is 1. The molecule has 1 aliphatic rings. The first kappa shape index (κ1) is 14.3. The minimum absolute atomic E-state index is 0.133. The second-order valence-electron chi connectivity index (χ2n) is 4.11. The maximum absolute atomic E-state index is 11.3. The number of amides is 1. The number of unbranched alkanes of at least 4 members (excludes halogenated alkanes) is 1. The summed E-state index contributed by atoms with van der Waals surface area (Å²) in [6.45, 7) is 0.735. The van der Waals surface area contributed by atoms with Gasteiger partial charge in [0.05, 0.1) is 0 Å². The predicted octanol–water partition coefficient (Wildman–Crippen LogP) is 2.24. The van der Waals surface area contributed by atoms with Crippen molar-refractivity contribution in [1.29, 1.82) is 0 Å². The van der Waals surface area contributed by atoms with Crippen LogP contribution in [0.4, 0.5) is 4.79 Å². The average Bonchev–Trinajstić information content (AvgIpc) is 2.37. The van der Waals surface area contributed by atoms with Crippen LogP contribution in [0, 0.1) is 0 Å². The van der Waals surface area contributed by atoms with E-state index in [9.17, 15) is 9.59 Å². The summed E-state index contributed by atoms with van der Waals surface area (Å²) >= 11 is 0. The Balaban J connectivity index is 2.02. The van der Waals surface area contributed by atoms with E-state index in [1.54, 1.807) is 0 Å². The van der Waals surface area contributed by atoms with Crippen LogP contribution in [0.2, 0.25) is 0 Å². The zero-order valence-electron chi connectivity index (χ0n) is 10.4. The molecule has 0 bridgehead atoms. The minimum Gasteiger partial charge on any atom is -0.481 e. The van der Waals surface area contributed by atoms with Gasteiger partial charge in [0, 0.05) is 13.0 Å². The third kappa shape index (κ3) is 6.73. The number of allylic oxidation sites excluding steroid dienone is 2. The second-order valence-corrected chi connectivity index (χ2v) is 4.11. The van der Waals surface area contributed by atoms with Crippen LogP contribution in [0.25, 0.3) is 0 Å². The summed E-state index contributed by atoms with van der Waals surface area (Å²) in [4.78, 5) is 21.5. The molecule has 100 valence electrons. The molecule has 0 saturated carbocycles. The van der Waals surface area contributed by atoms with Gasteiger partial charge >= 0.3 is 12.1 Å². The molecule has 0 aromatic heterocycles. The maximum Gasteiger partial charge on any atom is 0.407 e. The van der Waals surface area contributed by atoms with Crippen molar-refractivity contribution in [3.05, 3.63) is 23.8 Å². The zero-order valence-corrected chi connectivity index (χ0v) is 10.4. The van der Waals surface area contributed by atoms with E-state index in [2.05, 4.69) is 17.5 Å². The van der Waals surface area contributed by atoms with Gasteiger partial charge in [0.2, 0.25) is 0 Å². The molecule has 0 fully saturated rings. The van der Waals surface area contributed by atoms with Crippen molar-refractivity contribution in [2.24, 2.45) is 0 Å². The number of hydrogen-bond acceptors (Lipinski definition) is 3. The zero-order chi connectivity index (χ0) is 13.2. The van der Waals surface area contributed by atoms with Crippen LogP contribution in [-0.2, 0) is 9.53 Å². The van der Waals surface area contributed by atoms with Gasteiger partial charge in [-0.3, -0.25) is 4.79 Å². The molecule has 0 unspecified atom stereocenters.